The SMILES string of the molecule is CC/C=C/CC/C=C/CC/C=C/C(O)C(CO)NC(=O)CCCCCCCCCCCCCCCCCCCCCCCCC/C=C\CCCCCCCCCC. The van der Waals surface area contributed by atoms with Crippen LogP contribution in [-0.2, 0) is 4.79 Å². The largest absolute Gasteiger partial charge is 0.394 e. The Morgan fingerprint density at radius 1 is 0.421 bits per heavy atom. The first kappa shape index (κ1) is 55.4. The van der Waals surface area contributed by atoms with Crippen molar-refractivity contribution in [1.82, 2.24) is 5.32 Å². The van der Waals surface area contributed by atoms with Crippen molar-refractivity contribution in [3.8, 4) is 0 Å². The van der Waals surface area contributed by atoms with Crippen molar-refractivity contribution in [1.29, 1.82) is 0 Å². The molecule has 0 aromatic heterocycles. The minimum absolute atomic E-state index is 0.0776. The van der Waals surface area contributed by atoms with Crippen LogP contribution in [0, 0.1) is 0 Å². The number of nitrogens with one attached hydrogen (secondary N) is 1. The first-order valence-corrected chi connectivity index (χ1v) is 25.4. The van der Waals surface area contributed by atoms with Crippen LogP contribution < -0.4 is 5.32 Å². The summed E-state index contributed by atoms with van der Waals surface area (Å²) in [5.74, 6) is -0.0776. The van der Waals surface area contributed by atoms with Crippen LogP contribution >= 0.6 is 0 Å². The van der Waals surface area contributed by atoms with Crippen LogP contribution in [0.3, 0.4) is 0 Å². The zero-order valence-corrected chi connectivity index (χ0v) is 38.4. The van der Waals surface area contributed by atoms with E-state index in [1.54, 1.807) is 6.08 Å². The Balaban J connectivity index is 3.39. The minimum atomic E-state index is -0.867. The second-order valence-electron chi connectivity index (χ2n) is 17.2. The normalized spacial score (nSPS) is 13.3. The van der Waals surface area contributed by atoms with Crippen LogP contribution in [0.15, 0.2) is 48.6 Å². The van der Waals surface area contributed by atoms with Gasteiger partial charge in [-0.05, 0) is 64.2 Å². The molecule has 0 aliphatic heterocycles. The van der Waals surface area contributed by atoms with Gasteiger partial charge in [-0.3, -0.25) is 4.79 Å². The van der Waals surface area contributed by atoms with Crippen molar-refractivity contribution >= 4 is 5.91 Å². The molecule has 0 aromatic carbocycles. The molecule has 0 rings (SSSR count). The predicted molar refractivity (Wildman–Crippen MR) is 253 cm³/mol. The van der Waals surface area contributed by atoms with E-state index in [4.69, 9.17) is 0 Å². The zero-order valence-electron chi connectivity index (χ0n) is 38.4. The van der Waals surface area contributed by atoms with Crippen LogP contribution in [-0.4, -0.2) is 34.9 Å². The highest BCUT2D eigenvalue weighted by atomic mass is 16.3. The zero-order chi connectivity index (χ0) is 41.4. The third-order valence-electron chi connectivity index (χ3n) is 11.5. The molecule has 0 saturated heterocycles. The summed E-state index contributed by atoms with van der Waals surface area (Å²) in [5, 5.41) is 22.9. The summed E-state index contributed by atoms with van der Waals surface area (Å²) in [5.41, 5.74) is 0. The van der Waals surface area contributed by atoms with Crippen LogP contribution in [0.25, 0.3) is 0 Å². The monoisotopic (exact) mass is 798 g/mol. The van der Waals surface area contributed by atoms with E-state index < -0.39 is 12.1 Å². The van der Waals surface area contributed by atoms with Crippen molar-refractivity contribution < 1.29 is 15.0 Å². The molecular weight excluding hydrogens is 699 g/mol. The average molecular weight is 798 g/mol. The Morgan fingerprint density at radius 2 is 0.737 bits per heavy atom. The number of hydrogen-bond acceptors (Lipinski definition) is 3. The van der Waals surface area contributed by atoms with Gasteiger partial charge in [0, 0.05) is 6.42 Å². The summed E-state index contributed by atoms with van der Waals surface area (Å²) in [6, 6.07) is -0.642. The lowest BCUT2D eigenvalue weighted by atomic mass is 10.0. The van der Waals surface area contributed by atoms with E-state index in [2.05, 4.69) is 55.6 Å². The highest BCUT2D eigenvalue weighted by molar-refractivity contribution is 5.76. The number of carbonyl (C=O) groups is 1. The van der Waals surface area contributed by atoms with Gasteiger partial charge in [-0.25, -0.2) is 0 Å². The molecule has 0 saturated carbocycles. The Labute approximate surface area is 356 Å². The lowest BCUT2D eigenvalue weighted by molar-refractivity contribution is -0.123. The van der Waals surface area contributed by atoms with Gasteiger partial charge in [0.2, 0.25) is 5.91 Å². The maximum atomic E-state index is 12.4. The maximum Gasteiger partial charge on any atom is 0.220 e. The van der Waals surface area contributed by atoms with E-state index in [0.29, 0.717) is 6.42 Å². The second kappa shape index (κ2) is 48.7. The van der Waals surface area contributed by atoms with Gasteiger partial charge in [0.1, 0.15) is 0 Å². The van der Waals surface area contributed by atoms with Gasteiger partial charge < -0.3 is 15.5 Å². The van der Waals surface area contributed by atoms with Gasteiger partial charge in [-0.1, -0.05) is 242 Å². The van der Waals surface area contributed by atoms with Crippen LogP contribution in [0.4, 0.5) is 0 Å². The van der Waals surface area contributed by atoms with Crippen LogP contribution in [0.1, 0.15) is 264 Å². The molecule has 4 nitrogen and oxygen atoms in total. The van der Waals surface area contributed by atoms with Gasteiger partial charge >= 0.3 is 0 Å². The number of rotatable bonds is 46. The molecule has 0 aromatic rings. The van der Waals surface area contributed by atoms with Gasteiger partial charge in [0.15, 0.2) is 0 Å². The molecule has 0 fully saturated rings. The van der Waals surface area contributed by atoms with E-state index in [0.717, 1.165) is 44.9 Å². The van der Waals surface area contributed by atoms with Gasteiger partial charge in [-0.15, -0.1) is 0 Å². The Bertz CT molecular complexity index is 908. The van der Waals surface area contributed by atoms with E-state index in [-0.39, 0.29) is 12.5 Å². The Morgan fingerprint density at radius 3 is 1.11 bits per heavy atom. The average Bonchev–Trinajstić information content (AvgIpc) is 3.22. The molecule has 4 heteroatoms. The number of aliphatic hydroxyl groups is 2. The molecule has 2 atom stereocenters. The number of hydrogen-bond donors (Lipinski definition) is 3. The van der Waals surface area contributed by atoms with E-state index in [1.807, 2.05) is 6.08 Å². The number of amides is 1. The van der Waals surface area contributed by atoms with Crippen LogP contribution in [0.5, 0.6) is 0 Å². The molecule has 57 heavy (non-hydrogen) atoms. The van der Waals surface area contributed by atoms with E-state index in [1.165, 1.54) is 199 Å². The second-order valence-corrected chi connectivity index (χ2v) is 17.2. The third-order valence-corrected chi connectivity index (χ3v) is 11.5. The maximum absolute atomic E-state index is 12.4. The summed E-state index contributed by atoms with van der Waals surface area (Å²) >= 11 is 0. The fourth-order valence-corrected chi connectivity index (χ4v) is 7.68. The van der Waals surface area contributed by atoms with Crippen molar-refractivity contribution in [2.24, 2.45) is 0 Å². The van der Waals surface area contributed by atoms with Gasteiger partial charge in [-0.2, -0.15) is 0 Å². The summed E-state index contributed by atoms with van der Waals surface area (Å²) in [6.45, 7) is 4.18. The van der Waals surface area contributed by atoms with Crippen LogP contribution in [0.2, 0.25) is 0 Å². The number of allylic oxidation sites excluding steroid dienone is 7. The highest BCUT2D eigenvalue weighted by Gasteiger charge is 2.17. The predicted octanol–water partition coefficient (Wildman–Crippen LogP) is 16.3. The van der Waals surface area contributed by atoms with E-state index >= 15 is 0 Å². The third kappa shape index (κ3) is 45.3. The van der Waals surface area contributed by atoms with Gasteiger partial charge in [0.05, 0.1) is 18.8 Å². The highest BCUT2D eigenvalue weighted by Crippen LogP contribution is 2.16. The molecule has 3 N–H and O–H groups in total. The lowest BCUT2D eigenvalue weighted by Crippen LogP contribution is -2.45. The summed E-state index contributed by atoms with van der Waals surface area (Å²) < 4.78 is 0. The standard InChI is InChI=1S/C53H99NO3/c1-3-5-7-9-11-13-15-16-17-18-19-20-21-22-23-24-25-26-27-28-29-30-31-32-33-34-35-36-37-38-39-41-43-45-47-49-53(57)54-51(50-55)52(56)48-46-44-42-40-14-12-10-8-6-4-2/h6,8,14,18-19,40,46,48,51-52,55-56H,3-5,7,9-13,15-17,20-39,41-45,47,49-50H2,1-2H3,(H,54,57)/b8-6+,19-18-,40-14+,48-46+. The molecular formula is C53H99NO3. The Hall–Kier alpha value is -1.65. The minimum Gasteiger partial charge on any atom is -0.394 e. The summed E-state index contributed by atoms with van der Waals surface area (Å²) in [6.07, 6.45) is 67.1. The molecule has 2 unspecified atom stereocenters. The van der Waals surface area contributed by atoms with E-state index in [9.17, 15) is 15.0 Å². The van der Waals surface area contributed by atoms with Crippen molar-refractivity contribution in [2.75, 3.05) is 6.61 Å². The molecule has 0 radical (unpaired) electrons. The lowest BCUT2D eigenvalue weighted by Gasteiger charge is -2.19. The van der Waals surface area contributed by atoms with Crippen molar-refractivity contribution in [3.05, 3.63) is 48.6 Å². The molecule has 334 valence electrons. The van der Waals surface area contributed by atoms with Gasteiger partial charge in [0.25, 0.3) is 0 Å². The number of aliphatic hydroxyl groups excluding tert-OH is 2. The first-order chi connectivity index (χ1) is 28.2. The van der Waals surface area contributed by atoms with Crippen molar-refractivity contribution in [3.63, 3.8) is 0 Å². The summed E-state index contributed by atoms with van der Waals surface area (Å²) in [4.78, 5) is 12.4. The first-order valence-electron chi connectivity index (χ1n) is 25.4. The molecule has 0 heterocycles. The topological polar surface area (TPSA) is 69.6 Å². The number of carbonyl (C=O) groups excluding carboxylic acids is 1. The van der Waals surface area contributed by atoms with Crippen molar-refractivity contribution in [2.45, 2.75) is 276 Å². The molecule has 0 aliphatic rings. The fourth-order valence-electron chi connectivity index (χ4n) is 7.68. The molecule has 0 spiro atoms. The molecule has 0 aliphatic carbocycles. The Kier molecular flexibility index (Phi) is 47.3. The molecule has 0 bridgehead atoms. The summed E-state index contributed by atoms with van der Waals surface area (Å²) in [7, 11) is 0. The smallest absolute Gasteiger partial charge is 0.220 e. The molecule has 1 amide bonds. The number of unbranched alkanes of at least 4 members (excludes halogenated alkanes) is 33. The fraction of sp³-hybridized carbons (Fsp3) is 0.830. The quantitative estimate of drug-likeness (QED) is 0.0424.